The van der Waals surface area contributed by atoms with Gasteiger partial charge in [0, 0.05) is 12.1 Å². The standard InChI is InChI=1S/C16H31N3O/c1-12-6-8-14(9-7-12)18-16(20)11-19(2)15-5-3-4-13(15)10-17/h12-15H,3-11,17H2,1-2H3,(H,18,20). The van der Waals surface area contributed by atoms with E-state index in [4.69, 9.17) is 5.73 Å². The van der Waals surface area contributed by atoms with E-state index in [1.54, 1.807) is 0 Å². The fourth-order valence-electron chi connectivity index (χ4n) is 3.89. The van der Waals surface area contributed by atoms with E-state index < -0.39 is 0 Å². The highest BCUT2D eigenvalue weighted by atomic mass is 16.2. The summed E-state index contributed by atoms with van der Waals surface area (Å²) in [5.41, 5.74) is 5.83. The molecule has 2 unspecified atom stereocenters. The minimum absolute atomic E-state index is 0.190. The molecule has 2 aliphatic carbocycles. The van der Waals surface area contributed by atoms with Gasteiger partial charge in [0.1, 0.15) is 0 Å². The number of carbonyl (C=O) groups is 1. The van der Waals surface area contributed by atoms with E-state index in [9.17, 15) is 4.79 Å². The summed E-state index contributed by atoms with van der Waals surface area (Å²) < 4.78 is 0. The van der Waals surface area contributed by atoms with E-state index >= 15 is 0 Å². The van der Waals surface area contributed by atoms with Crippen molar-refractivity contribution in [2.75, 3.05) is 20.1 Å². The van der Waals surface area contributed by atoms with Crippen LogP contribution in [0.3, 0.4) is 0 Å². The summed E-state index contributed by atoms with van der Waals surface area (Å²) in [6.07, 6.45) is 8.44. The second kappa shape index (κ2) is 7.41. The monoisotopic (exact) mass is 281 g/mol. The minimum atomic E-state index is 0.190. The third-order valence-corrected chi connectivity index (χ3v) is 5.26. The van der Waals surface area contributed by atoms with Crippen LogP contribution in [0.2, 0.25) is 0 Å². The maximum atomic E-state index is 12.2. The number of carbonyl (C=O) groups excluding carboxylic acids is 1. The Morgan fingerprint density at radius 2 is 1.90 bits per heavy atom. The van der Waals surface area contributed by atoms with Gasteiger partial charge in [0.15, 0.2) is 0 Å². The molecule has 0 radical (unpaired) electrons. The largest absolute Gasteiger partial charge is 0.352 e. The molecule has 4 nitrogen and oxygen atoms in total. The van der Waals surface area contributed by atoms with Crippen LogP contribution < -0.4 is 11.1 Å². The van der Waals surface area contributed by atoms with E-state index in [0.717, 1.165) is 25.3 Å². The highest BCUT2D eigenvalue weighted by Gasteiger charge is 2.30. The summed E-state index contributed by atoms with van der Waals surface area (Å²) in [5.74, 6) is 1.59. The molecule has 2 aliphatic rings. The lowest BCUT2D eigenvalue weighted by Gasteiger charge is -2.31. The summed E-state index contributed by atoms with van der Waals surface area (Å²) in [6, 6.07) is 0.901. The smallest absolute Gasteiger partial charge is 0.234 e. The van der Waals surface area contributed by atoms with Crippen molar-refractivity contribution in [1.82, 2.24) is 10.2 Å². The quantitative estimate of drug-likeness (QED) is 0.807. The van der Waals surface area contributed by atoms with Gasteiger partial charge in [0.25, 0.3) is 0 Å². The number of nitrogens with one attached hydrogen (secondary N) is 1. The van der Waals surface area contributed by atoms with Gasteiger partial charge in [-0.2, -0.15) is 0 Å². The zero-order valence-corrected chi connectivity index (χ0v) is 13.1. The Kier molecular flexibility index (Phi) is 5.85. The van der Waals surface area contributed by atoms with Crippen molar-refractivity contribution >= 4 is 5.91 Å². The summed E-state index contributed by atoms with van der Waals surface area (Å²) >= 11 is 0. The van der Waals surface area contributed by atoms with Crippen LogP contribution in [0, 0.1) is 11.8 Å². The van der Waals surface area contributed by atoms with Crippen LogP contribution in [0.5, 0.6) is 0 Å². The molecule has 20 heavy (non-hydrogen) atoms. The lowest BCUT2D eigenvalue weighted by molar-refractivity contribution is -0.123. The molecular weight excluding hydrogens is 250 g/mol. The molecule has 0 spiro atoms. The van der Waals surface area contributed by atoms with Gasteiger partial charge in [0.05, 0.1) is 6.54 Å². The first-order valence-electron chi connectivity index (χ1n) is 8.29. The van der Waals surface area contributed by atoms with Crippen LogP contribution in [0.15, 0.2) is 0 Å². The predicted octanol–water partition coefficient (Wildman–Crippen LogP) is 1.74. The molecule has 2 rings (SSSR count). The molecule has 1 amide bonds. The van der Waals surface area contributed by atoms with Crippen LogP contribution in [0.25, 0.3) is 0 Å². The molecule has 4 heteroatoms. The molecule has 3 N–H and O–H groups in total. The van der Waals surface area contributed by atoms with Gasteiger partial charge < -0.3 is 11.1 Å². The highest BCUT2D eigenvalue weighted by Crippen LogP contribution is 2.28. The Balaban J connectivity index is 1.73. The second-order valence-corrected chi connectivity index (χ2v) is 6.93. The first-order valence-corrected chi connectivity index (χ1v) is 8.29. The number of rotatable bonds is 5. The van der Waals surface area contributed by atoms with Crippen LogP contribution in [-0.4, -0.2) is 43.0 Å². The average Bonchev–Trinajstić information content (AvgIpc) is 2.89. The van der Waals surface area contributed by atoms with Gasteiger partial charge in [-0.15, -0.1) is 0 Å². The number of likely N-dealkylation sites (N-methyl/N-ethyl adjacent to an activating group) is 1. The normalized spacial score (nSPS) is 34.4. The lowest BCUT2D eigenvalue weighted by Crippen LogP contribution is -2.46. The molecule has 0 aromatic carbocycles. The van der Waals surface area contributed by atoms with Gasteiger partial charge in [-0.25, -0.2) is 0 Å². The molecule has 0 aromatic rings. The molecule has 0 heterocycles. The van der Waals surface area contributed by atoms with Gasteiger partial charge in [-0.1, -0.05) is 13.3 Å². The van der Waals surface area contributed by atoms with Gasteiger partial charge >= 0.3 is 0 Å². The Morgan fingerprint density at radius 1 is 1.20 bits per heavy atom. The fourth-order valence-corrected chi connectivity index (χ4v) is 3.89. The Bertz CT molecular complexity index is 313. The maximum Gasteiger partial charge on any atom is 0.234 e. The van der Waals surface area contributed by atoms with E-state index in [2.05, 4.69) is 24.2 Å². The van der Waals surface area contributed by atoms with Gasteiger partial charge in [-0.05, 0) is 64.0 Å². The molecule has 0 aliphatic heterocycles. The summed E-state index contributed by atoms with van der Waals surface area (Å²) in [7, 11) is 2.07. The summed E-state index contributed by atoms with van der Waals surface area (Å²) in [6.45, 7) is 3.57. The molecule has 2 atom stereocenters. The third kappa shape index (κ3) is 4.19. The first-order chi connectivity index (χ1) is 9.60. The fraction of sp³-hybridized carbons (Fsp3) is 0.938. The van der Waals surface area contributed by atoms with Crippen molar-refractivity contribution in [1.29, 1.82) is 0 Å². The molecular formula is C16H31N3O. The molecule has 0 saturated heterocycles. The third-order valence-electron chi connectivity index (χ3n) is 5.26. The molecule has 2 saturated carbocycles. The number of nitrogens with zero attached hydrogens (tertiary/aromatic N) is 1. The van der Waals surface area contributed by atoms with E-state index in [1.807, 2.05) is 0 Å². The molecule has 2 fully saturated rings. The SMILES string of the molecule is CC1CCC(NC(=O)CN(C)C2CCCC2CN)CC1. The lowest BCUT2D eigenvalue weighted by atomic mass is 9.87. The second-order valence-electron chi connectivity index (χ2n) is 6.93. The topological polar surface area (TPSA) is 58.4 Å². The van der Waals surface area contributed by atoms with Crippen LogP contribution in [-0.2, 0) is 4.79 Å². The van der Waals surface area contributed by atoms with Crippen molar-refractivity contribution in [2.45, 2.75) is 64.0 Å². The van der Waals surface area contributed by atoms with Crippen LogP contribution >= 0.6 is 0 Å². The summed E-state index contributed by atoms with van der Waals surface area (Å²) in [5, 5.41) is 3.21. The van der Waals surface area contributed by atoms with Gasteiger partial charge in [-0.3, -0.25) is 9.69 Å². The number of amides is 1. The van der Waals surface area contributed by atoms with Crippen molar-refractivity contribution < 1.29 is 4.79 Å². The number of hydrogen-bond donors (Lipinski definition) is 2. The molecule has 116 valence electrons. The van der Waals surface area contributed by atoms with E-state index in [1.165, 1.54) is 32.1 Å². The Morgan fingerprint density at radius 3 is 2.55 bits per heavy atom. The average molecular weight is 281 g/mol. The maximum absolute atomic E-state index is 12.2. The van der Waals surface area contributed by atoms with E-state index in [0.29, 0.717) is 24.5 Å². The Labute approximate surface area is 123 Å². The predicted molar refractivity (Wildman–Crippen MR) is 82.4 cm³/mol. The summed E-state index contributed by atoms with van der Waals surface area (Å²) in [4.78, 5) is 14.4. The van der Waals surface area contributed by atoms with Crippen molar-refractivity contribution in [2.24, 2.45) is 17.6 Å². The van der Waals surface area contributed by atoms with E-state index in [-0.39, 0.29) is 5.91 Å². The Hall–Kier alpha value is -0.610. The molecule has 0 aromatic heterocycles. The first kappa shape index (κ1) is 15.8. The number of nitrogens with two attached hydrogens (primary N) is 1. The highest BCUT2D eigenvalue weighted by molar-refractivity contribution is 5.78. The van der Waals surface area contributed by atoms with Crippen molar-refractivity contribution in [3.05, 3.63) is 0 Å². The van der Waals surface area contributed by atoms with Crippen LogP contribution in [0.1, 0.15) is 51.9 Å². The molecule has 0 bridgehead atoms. The van der Waals surface area contributed by atoms with Crippen LogP contribution in [0.4, 0.5) is 0 Å². The van der Waals surface area contributed by atoms with Crippen molar-refractivity contribution in [3.8, 4) is 0 Å². The van der Waals surface area contributed by atoms with Gasteiger partial charge in [0.2, 0.25) is 5.91 Å². The zero-order valence-electron chi connectivity index (χ0n) is 13.1. The minimum Gasteiger partial charge on any atom is -0.352 e. The van der Waals surface area contributed by atoms with Crippen molar-refractivity contribution in [3.63, 3.8) is 0 Å². The zero-order chi connectivity index (χ0) is 14.5. The number of hydrogen-bond acceptors (Lipinski definition) is 3.